The van der Waals surface area contributed by atoms with Crippen molar-refractivity contribution in [3.05, 3.63) is 59.7 Å². The third kappa shape index (κ3) is 4.69. The second-order valence-electron chi connectivity index (χ2n) is 7.18. The molecule has 0 heterocycles. The minimum absolute atomic E-state index is 0.0915. The number of anilines is 1. The Balaban J connectivity index is 1.66. The van der Waals surface area contributed by atoms with Gasteiger partial charge in [-0.25, -0.2) is 0 Å². The van der Waals surface area contributed by atoms with Gasteiger partial charge in [-0.15, -0.1) is 0 Å². The molecule has 0 bridgehead atoms. The van der Waals surface area contributed by atoms with Gasteiger partial charge in [-0.1, -0.05) is 42.7 Å². The molecule has 0 atom stereocenters. The van der Waals surface area contributed by atoms with E-state index in [0.717, 1.165) is 42.7 Å². The quantitative estimate of drug-likeness (QED) is 0.678. The van der Waals surface area contributed by atoms with Gasteiger partial charge < -0.3 is 14.8 Å². The van der Waals surface area contributed by atoms with Crippen molar-refractivity contribution < 1.29 is 14.3 Å². The van der Waals surface area contributed by atoms with Crippen molar-refractivity contribution in [2.45, 2.75) is 44.9 Å². The van der Waals surface area contributed by atoms with Crippen LogP contribution in [0.5, 0.6) is 5.75 Å². The normalized spacial score (nSPS) is 15.5. The molecule has 0 aromatic heterocycles. The molecule has 27 heavy (non-hydrogen) atoms. The van der Waals surface area contributed by atoms with E-state index in [2.05, 4.69) is 36.5 Å². The van der Waals surface area contributed by atoms with Gasteiger partial charge in [0.2, 0.25) is 5.91 Å². The number of amides is 1. The summed E-state index contributed by atoms with van der Waals surface area (Å²) >= 11 is 0. The second-order valence-corrected chi connectivity index (χ2v) is 7.18. The van der Waals surface area contributed by atoms with Gasteiger partial charge in [0, 0.05) is 12.3 Å². The SMILES string of the molecule is CCOCCOc1ccc(NC(=O)C2(c3ccc(C)cc3)CCCC2)cc1. The van der Waals surface area contributed by atoms with Crippen LogP contribution >= 0.6 is 0 Å². The average Bonchev–Trinajstić information content (AvgIpc) is 3.18. The van der Waals surface area contributed by atoms with Gasteiger partial charge in [0.05, 0.1) is 12.0 Å². The topological polar surface area (TPSA) is 47.6 Å². The number of nitrogens with one attached hydrogen (secondary N) is 1. The van der Waals surface area contributed by atoms with E-state index in [4.69, 9.17) is 9.47 Å². The van der Waals surface area contributed by atoms with Crippen molar-refractivity contribution in [1.29, 1.82) is 0 Å². The van der Waals surface area contributed by atoms with Gasteiger partial charge >= 0.3 is 0 Å². The Bertz CT molecular complexity index is 731. The highest BCUT2D eigenvalue weighted by molar-refractivity contribution is 5.99. The molecule has 0 spiro atoms. The van der Waals surface area contributed by atoms with Crippen molar-refractivity contribution in [1.82, 2.24) is 0 Å². The van der Waals surface area contributed by atoms with Crippen LogP contribution in [0.1, 0.15) is 43.7 Å². The third-order valence-electron chi connectivity index (χ3n) is 5.31. The van der Waals surface area contributed by atoms with Crippen molar-refractivity contribution in [2.75, 3.05) is 25.1 Å². The van der Waals surface area contributed by atoms with E-state index in [1.165, 1.54) is 5.56 Å². The van der Waals surface area contributed by atoms with Gasteiger partial charge in [-0.2, -0.15) is 0 Å². The highest BCUT2D eigenvalue weighted by atomic mass is 16.5. The summed E-state index contributed by atoms with van der Waals surface area (Å²) in [7, 11) is 0. The highest BCUT2D eigenvalue weighted by Crippen LogP contribution is 2.42. The summed E-state index contributed by atoms with van der Waals surface area (Å²) in [5, 5.41) is 3.12. The van der Waals surface area contributed by atoms with Crippen LogP contribution in [0.3, 0.4) is 0 Å². The molecule has 0 radical (unpaired) electrons. The fourth-order valence-corrected chi connectivity index (χ4v) is 3.75. The van der Waals surface area contributed by atoms with Crippen molar-refractivity contribution in [3.8, 4) is 5.75 Å². The Morgan fingerprint density at radius 2 is 1.67 bits per heavy atom. The zero-order chi connectivity index (χ0) is 19.1. The smallest absolute Gasteiger partial charge is 0.235 e. The minimum Gasteiger partial charge on any atom is -0.491 e. The lowest BCUT2D eigenvalue weighted by molar-refractivity contribution is -0.121. The summed E-state index contributed by atoms with van der Waals surface area (Å²) in [6, 6.07) is 16.0. The van der Waals surface area contributed by atoms with Crippen LogP contribution in [0.4, 0.5) is 5.69 Å². The number of rotatable bonds is 8. The molecule has 2 aromatic rings. The Hall–Kier alpha value is -2.33. The van der Waals surface area contributed by atoms with Crippen LogP contribution in [-0.4, -0.2) is 25.7 Å². The van der Waals surface area contributed by atoms with Crippen molar-refractivity contribution >= 4 is 11.6 Å². The summed E-state index contributed by atoms with van der Waals surface area (Å²) in [4.78, 5) is 13.2. The second kappa shape index (κ2) is 9.05. The summed E-state index contributed by atoms with van der Waals surface area (Å²) < 4.78 is 10.9. The van der Waals surface area contributed by atoms with E-state index in [1.807, 2.05) is 31.2 Å². The van der Waals surface area contributed by atoms with Crippen molar-refractivity contribution in [3.63, 3.8) is 0 Å². The molecule has 1 amide bonds. The fraction of sp³-hybridized carbons (Fsp3) is 0.435. The Kier molecular flexibility index (Phi) is 6.51. The molecular weight excluding hydrogens is 338 g/mol. The van der Waals surface area contributed by atoms with E-state index < -0.39 is 5.41 Å². The number of hydrogen-bond donors (Lipinski definition) is 1. The van der Waals surface area contributed by atoms with E-state index in [9.17, 15) is 4.79 Å². The molecule has 1 aliphatic carbocycles. The Morgan fingerprint density at radius 1 is 1.00 bits per heavy atom. The lowest BCUT2D eigenvalue weighted by atomic mass is 9.77. The molecule has 2 aromatic carbocycles. The minimum atomic E-state index is -0.416. The molecule has 4 nitrogen and oxygen atoms in total. The van der Waals surface area contributed by atoms with E-state index in [1.54, 1.807) is 0 Å². The molecule has 0 unspecified atom stereocenters. The molecule has 4 heteroatoms. The molecule has 0 saturated heterocycles. The summed E-state index contributed by atoms with van der Waals surface area (Å²) in [6.07, 6.45) is 3.99. The maximum Gasteiger partial charge on any atom is 0.235 e. The van der Waals surface area contributed by atoms with Crippen LogP contribution in [0.15, 0.2) is 48.5 Å². The molecular formula is C23H29NO3. The summed E-state index contributed by atoms with van der Waals surface area (Å²) in [5.41, 5.74) is 2.72. The number of ether oxygens (including phenoxy) is 2. The van der Waals surface area contributed by atoms with Gasteiger partial charge in [0.25, 0.3) is 0 Å². The molecule has 144 valence electrons. The molecule has 1 fully saturated rings. The van der Waals surface area contributed by atoms with E-state index >= 15 is 0 Å². The number of benzene rings is 2. The van der Waals surface area contributed by atoms with Crippen LogP contribution < -0.4 is 10.1 Å². The summed E-state index contributed by atoms with van der Waals surface area (Å²) in [5.74, 6) is 0.871. The molecule has 0 aliphatic heterocycles. The maximum atomic E-state index is 13.2. The fourth-order valence-electron chi connectivity index (χ4n) is 3.75. The first kappa shape index (κ1) is 19.4. The molecule has 1 saturated carbocycles. The highest BCUT2D eigenvalue weighted by Gasteiger charge is 2.42. The lowest BCUT2D eigenvalue weighted by Crippen LogP contribution is -2.38. The van der Waals surface area contributed by atoms with Gasteiger partial charge in [-0.3, -0.25) is 4.79 Å². The Morgan fingerprint density at radius 3 is 2.30 bits per heavy atom. The number of carbonyl (C=O) groups excluding carboxylic acids is 1. The van der Waals surface area contributed by atoms with Crippen LogP contribution in [0.2, 0.25) is 0 Å². The standard InChI is InChI=1S/C23H29NO3/c1-3-26-16-17-27-21-12-10-20(11-13-21)24-22(25)23(14-4-5-15-23)19-8-6-18(2)7-9-19/h6-13H,3-5,14-17H2,1-2H3,(H,24,25). The van der Waals surface area contributed by atoms with Gasteiger partial charge in [0.1, 0.15) is 12.4 Å². The molecule has 1 N–H and O–H groups in total. The van der Waals surface area contributed by atoms with Gasteiger partial charge in [-0.05, 0) is 56.5 Å². The van der Waals surface area contributed by atoms with Crippen LogP contribution in [-0.2, 0) is 14.9 Å². The first-order valence-corrected chi connectivity index (χ1v) is 9.83. The molecule has 1 aliphatic rings. The zero-order valence-corrected chi connectivity index (χ0v) is 16.3. The van der Waals surface area contributed by atoms with E-state index in [-0.39, 0.29) is 5.91 Å². The van der Waals surface area contributed by atoms with E-state index in [0.29, 0.717) is 19.8 Å². The molecule has 3 rings (SSSR count). The predicted molar refractivity (Wildman–Crippen MR) is 108 cm³/mol. The first-order chi connectivity index (χ1) is 13.1. The third-order valence-corrected chi connectivity index (χ3v) is 5.31. The summed E-state index contributed by atoms with van der Waals surface area (Å²) in [6.45, 7) is 5.83. The van der Waals surface area contributed by atoms with Crippen LogP contribution in [0, 0.1) is 6.92 Å². The number of aryl methyl sites for hydroxylation is 1. The maximum absolute atomic E-state index is 13.2. The van der Waals surface area contributed by atoms with Gasteiger partial charge in [0.15, 0.2) is 0 Å². The number of carbonyl (C=O) groups is 1. The number of hydrogen-bond acceptors (Lipinski definition) is 3. The monoisotopic (exact) mass is 367 g/mol. The average molecular weight is 367 g/mol. The zero-order valence-electron chi connectivity index (χ0n) is 16.3. The lowest BCUT2D eigenvalue weighted by Gasteiger charge is -2.28. The Labute approximate surface area is 161 Å². The van der Waals surface area contributed by atoms with Crippen LogP contribution in [0.25, 0.3) is 0 Å². The van der Waals surface area contributed by atoms with Crippen molar-refractivity contribution in [2.24, 2.45) is 0 Å². The first-order valence-electron chi connectivity index (χ1n) is 9.83. The largest absolute Gasteiger partial charge is 0.491 e. The predicted octanol–water partition coefficient (Wildman–Crippen LogP) is 4.86.